The fourth-order valence-corrected chi connectivity index (χ4v) is 7.75. The van der Waals surface area contributed by atoms with E-state index in [0.29, 0.717) is 6.10 Å². The van der Waals surface area contributed by atoms with Crippen molar-refractivity contribution >= 4 is 8.32 Å². The minimum absolute atomic E-state index is 0.622. The molecule has 0 saturated heterocycles. The maximum absolute atomic E-state index is 7.10. The van der Waals surface area contributed by atoms with Crippen molar-refractivity contribution in [3.05, 3.63) is 0 Å². The monoisotopic (exact) mass is 310 g/mol. The molecule has 0 aromatic heterocycles. The molecule has 21 heavy (non-hydrogen) atoms. The fraction of sp³-hybridized carbons (Fsp3) is 1.00. The van der Waals surface area contributed by atoms with Crippen molar-refractivity contribution in [1.82, 2.24) is 0 Å². The van der Waals surface area contributed by atoms with Crippen molar-refractivity contribution in [3.63, 3.8) is 0 Å². The highest BCUT2D eigenvalue weighted by Crippen LogP contribution is 2.40. The van der Waals surface area contributed by atoms with Gasteiger partial charge in [0.15, 0.2) is 8.32 Å². The lowest BCUT2D eigenvalue weighted by atomic mass is 9.75. The molecule has 2 heteroatoms. The zero-order valence-electron chi connectivity index (χ0n) is 14.8. The van der Waals surface area contributed by atoms with Gasteiger partial charge in [0.25, 0.3) is 0 Å². The molecule has 1 nitrogen and oxygen atoms in total. The average Bonchev–Trinajstić information content (AvgIpc) is 2.58. The minimum atomic E-state index is -1.45. The Labute approximate surface area is 134 Å². The van der Waals surface area contributed by atoms with Gasteiger partial charge in [-0.3, -0.25) is 0 Å². The van der Waals surface area contributed by atoms with Crippen molar-refractivity contribution < 1.29 is 4.43 Å². The topological polar surface area (TPSA) is 9.23 Å². The van der Waals surface area contributed by atoms with Gasteiger partial charge >= 0.3 is 0 Å². The Bertz CT molecular complexity index is 249. The van der Waals surface area contributed by atoms with E-state index in [9.17, 15) is 0 Å². The molecule has 2 rings (SSSR count). The normalized spacial score (nSPS) is 22.9. The van der Waals surface area contributed by atoms with E-state index in [-0.39, 0.29) is 0 Å². The summed E-state index contributed by atoms with van der Waals surface area (Å²) in [6, 6.07) is 3.95. The summed E-state index contributed by atoms with van der Waals surface area (Å²) in [4.78, 5) is 0. The molecule has 0 aliphatic heterocycles. The lowest BCUT2D eigenvalue weighted by molar-refractivity contribution is 0.0299. The molecule has 0 amide bonds. The van der Waals surface area contributed by atoms with Gasteiger partial charge in [-0.2, -0.15) is 0 Å². The Hall–Kier alpha value is 0.177. The van der Waals surface area contributed by atoms with Crippen LogP contribution in [0.1, 0.15) is 85.0 Å². The number of rotatable bonds is 7. The predicted octanol–water partition coefficient (Wildman–Crippen LogP) is 6.54. The minimum Gasteiger partial charge on any atom is -0.413 e. The molecular formula is C19H38OSi. The smallest absolute Gasteiger partial charge is 0.192 e. The molecule has 2 fully saturated rings. The summed E-state index contributed by atoms with van der Waals surface area (Å²) in [5.41, 5.74) is 0. The van der Waals surface area contributed by atoms with Gasteiger partial charge in [-0.25, -0.2) is 0 Å². The van der Waals surface area contributed by atoms with Crippen molar-refractivity contribution in [2.75, 3.05) is 0 Å². The SMILES string of the molecule is CC[Si](CC)(CC)OC(C1CCCCC1)C1CCCCC1. The van der Waals surface area contributed by atoms with Gasteiger partial charge in [0, 0.05) is 0 Å². The molecule has 0 aromatic rings. The first kappa shape index (κ1) is 17.5. The van der Waals surface area contributed by atoms with Crippen molar-refractivity contribution in [1.29, 1.82) is 0 Å². The maximum Gasteiger partial charge on any atom is 0.192 e. The molecule has 2 saturated carbocycles. The average molecular weight is 311 g/mol. The van der Waals surface area contributed by atoms with Crippen LogP contribution in [0.4, 0.5) is 0 Å². The Kier molecular flexibility index (Phi) is 7.28. The van der Waals surface area contributed by atoms with Crippen LogP contribution in [0, 0.1) is 11.8 Å². The Balaban J connectivity index is 2.09. The molecule has 0 unspecified atom stereocenters. The second-order valence-electron chi connectivity index (χ2n) is 7.62. The quantitative estimate of drug-likeness (QED) is 0.485. The van der Waals surface area contributed by atoms with Crippen LogP contribution in [0.5, 0.6) is 0 Å². The summed E-state index contributed by atoms with van der Waals surface area (Å²) in [6.07, 6.45) is 15.2. The van der Waals surface area contributed by atoms with Crippen molar-refractivity contribution in [2.24, 2.45) is 11.8 Å². The highest BCUT2D eigenvalue weighted by molar-refractivity contribution is 6.73. The maximum atomic E-state index is 7.10. The Morgan fingerprint density at radius 1 is 0.714 bits per heavy atom. The molecule has 0 bridgehead atoms. The van der Waals surface area contributed by atoms with Gasteiger partial charge in [-0.15, -0.1) is 0 Å². The molecule has 0 radical (unpaired) electrons. The lowest BCUT2D eigenvalue weighted by Gasteiger charge is -2.43. The molecule has 0 heterocycles. The molecule has 0 atom stereocenters. The van der Waals surface area contributed by atoms with Gasteiger partial charge in [0.05, 0.1) is 6.10 Å². The van der Waals surface area contributed by atoms with Crippen LogP contribution in [0.3, 0.4) is 0 Å². The predicted molar refractivity (Wildman–Crippen MR) is 95.2 cm³/mol. The molecule has 0 aromatic carbocycles. The van der Waals surface area contributed by atoms with Gasteiger partial charge in [0.2, 0.25) is 0 Å². The second kappa shape index (κ2) is 8.72. The highest BCUT2D eigenvalue weighted by atomic mass is 28.4. The van der Waals surface area contributed by atoms with Crippen LogP contribution in [-0.2, 0) is 4.43 Å². The Morgan fingerprint density at radius 3 is 1.43 bits per heavy atom. The van der Waals surface area contributed by atoms with Crippen LogP contribution < -0.4 is 0 Å². The van der Waals surface area contributed by atoms with Gasteiger partial charge in [-0.1, -0.05) is 59.3 Å². The first-order valence-electron chi connectivity index (χ1n) is 9.92. The molecule has 2 aliphatic carbocycles. The van der Waals surface area contributed by atoms with E-state index >= 15 is 0 Å². The molecular weight excluding hydrogens is 272 g/mol. The highest BCUT2D eigenvalue weighted by Gasteiger charge is 2.39. The standard InChI is InChI=1S/C19H38OSi/c1-4-21(5-2,6-3)20-19(17-13-9-7-10-14-17)18-15-11-8-12-16-18/h17-19H,4-16H2,1-3H3. The Morgan fingerprint density at radius 2 is 1.10 bits per heavy atom. The third-order valence-corrected chi connectivity index (χ3v) is 11.2. The van der Waals surface area contributed by atoms with Gasteiger partial charge in [0.1, 0.15) is 0 Å². The summed E-state index contributed by atoms with van der Waals surface area (Å²) in [5, 5.41) is 0. The first-order valence-corrected chi connectivity index (χ1v) is 12.5. The van der Waals surface area contributed by atoms with E-state index in [2.05, 4.69) is 20.8 Å². The first-order chi connectivity index (χ1) is 10.2. The second-order valence-corrected chi connectivity index (χ2v) is 12.3. The van der Waals surface area contributed by atoms with Gasteiger partial charge in [-0.05, 0) is 55.7 Å². The molecule has 0 spiro atoms. The largest absolute Gasteiger partial charge is 0.413 e. The van der Waals surface area contributed by atoms with Crippen molar-refractivity contribution in [3.8, 4) is 0 Å². The summed E-state index contributed by atoms with van der Waals surface area (Å²) in [6.45, 7) is 7.16. The summed E-state index contributed by atoms with van der Waals surface area (Å²) in [5.74, 6) is 1.77. The molecule has 0 N–H and O–H groups in total. The number of hydrogen-bond donors (Lipinski definition) is 0. The lowest BCUT2D eigenvalue weighted by Crippen LogP contribution is -2.46. The zero-order valence-corrected chi connectivity index (χ0v) is 15.8. The van der Waals surface area contributed by atoms with E-state index in [1.807, 2.05) is 0 Å². The summed E-state index contributed by atoms with van der Waals surface area (Å²) >= 11 is 0. The molecule has 124 valence electrons. The van der Waals surface area contributed by atoms with Crippen molar-refractivity contribution in [2.45, 2.75) is 109 Å². The van der Waals surface area contributed by atoms with Gasteiger partial charge < -0.3 is 4.43 Å². The van der Waals surface area contributed by atoms with E-state index in [0.717, 1.165) is 11.8 Å². The molecule has 2 aliphatic rings. The van der Waals surface area contributed by atoms with Crippen LogP contribution in [0.25, 0.3) is 0 Å². The number of hydrogen-bond acceptors (Lipinski definition) is 1. The zero-order chi connectivity index (χ0) is 15.1. The third kappa shape index (κ3) is 4.57. The van der Waals surface area contributed by atoms with Crippen LogP contribution in [-0.4, -0.2) is 14.4 Å². The summed E-state index contributed by atoms with van der Waals surface area (Å²) < 4.78 is 7.10. The summed E-state index contributed by atoms with van der Waals surface area (Å²) in [7, 11) is -1.45. The fourth-order valence-electron chi connectivity index (χ4n) is 4.79. The van der Waals surface area contributed by atoms with E-state index < -0.39 is 8.32 Å². The van der Waals surface area contributed by atoms with Crippen LogP contribution in [0.2, 0.25) is 18.1 Å². The third-order valence-electron chi connectivity index (χ3n) is 6.55. The van der Waals surface area contributed by atoms with E-state index in [4.69, 9.17) is 4.43 Å². The van der Waals surface area contributed by atoms with Crippen LogP contribution >= 0.6 is 0 Å². The van der Waals surface area contributed by atoms with E-state index in [1.165, 1.54) is 82.3 Å². The van der Waals surface area contributed by atoms with E-state index in [1.54, 1.807) is 0 Å². The van der Waals surface area contributed by atoms with Crippen LogP contribution in [0.15, 0.2) is 0 Å².